The van der Waals surface area contributed by atoms with Crippen molar-refractivity contribution < 1.29 is 18.0 Å². The Morgan fingerprint density at radius 3 is 2.26 bits per heavy atom. The van der Waals surface area contributed by atoms with Crippen molar-refractivity contribution in [1.82, 2.24) is 24.9 Å². The minimum Gasteiger partial charge on any atom is -0.351 e. The topological polar surface area (TPSA) is 79.4 Å². The molecule has 0 bridgehead atoms. The summed E-state index contributed by atoms with van der Waals surface area (Å²) in [6.45, 7) is 4.50. The Balaban J connectivity index is 1.13. The van der Waals surface area contributed by atoms with E-state index in [1.165, 1.54) is 0 Å². The van der Waals surface area contributed by atoms with Crippen LogP contribution in [0.5, 0.6) is 0 Å². The second-order valence-corrected chi connectivity index (χ2v) is 13.7. The lowest BCUT2D eigenvalue weighted by Crippen LogP contribution is -2.40. The van der Waals surface area contributed by atoms with Gasteiger partial charge in [0, 0.05) is 65.6 Å². The van der Waals surface area contributed by atoms with Gasteiger partial charge in [0.05, 0.1) is 23.2 Å². The van der Waals surface area contributed by atoms with Gasteiger partial charge in [-0.25, -0.2) is 4.79 Å². The van der Waals surface area contributed by atoms with Crippen molar-refractivity contribution in [2.75, 3.05) is 26.2 Å². The molecule has 12 heteroatoms. The predicted molar refractivity (Wildman–Crippen MR) is 191 cm³/mol. The number of hydrogen-bond donors (Lipinski definition) is 2. The van der Waals surface area contributed by atoms with Crippen LogP contribution in [-0.4, -0.2) is 58.0 Å². The molecule has 2 aliphatic rings. The van der Waals surface area contributed by atoms with E-state index in [9.17, 15) is 18.0 Å². The number of rotatable bonds is 9. The van der Waals surface area contributed by atoms with Gasteiger partial charge in [0.15, 0.2) is 0 Å². The van der Waals surface area contributed by atoms with Gasteiger partial charge in [-0.2, -0.15) is 18.3 Å². The van der Waals surface area contributed by atoms with E-state index in [0.717, 1.165) is 63.7 Å². The number of piperidine rings is 1. The largest absolute Gasteiger partial charge is 0.391 e. The minimum atomic E-state index is -4.12. The third-order valence-corrected chi connectivity index (χ3v) is 10.0. The highest BCUT2D eigenvalue weighted by atomic mass is 35.5. The van der Waals surface area contributed by atoms with Gasteiger partial charge in [-0.05, 0) is 86.4 Å². The van der Waals surface area contributed by atoms with Crippen molar-refractivity contribution in [2.45, 2.75) is 58.0 Å². The molecule has 7 nitrogen and oxygen atoms in total. The molecule has 0 unspecified atom stereocenters. The Morgan fingerprint density at radius 2 is 1.60 bits per heavy atom. The van der Waals surface area contributed by atoms with Crippen LogP contribution in [0.3, 0.4) is 0 Å². The fourth-order valence-electron chi connectivity index (χ4n) is 6.59. The van der Waals surface area contributed by atoms with Crippen molar-refractivity contribution in [3.05, 3.63) is 110 Å². The Hall–Kier alpha value is -4.01. The van der Waals surface area contributed by atoms with Crippen LogP contribution in [0.2, 0.25) is 10.0 Å². The van der Waals surface area contributed by atoms with Crippen molar-refractivity contribution in [3.8, 4) is 23.1 Å². The second kappa shape index (κ2) is 15.9. The number of aryl methyl sites for hydroxylation is 1. The van der Waals surface area contributed by atoms with Crippen LogP contribution in [-0.2, 0) is 32.6 Å². The average molecular weight is 724 g/mol. The number of nitrogens with two attached hydrogens (primary N) is 1. The number of alkyl halides is 3. The number of fused-ring (bicyclic) bond motifs is 1. The Morgan fingerprint density at radius 1 is 0.920 bits per heavy atom. The maximum atomic E-state index is 13.1. The summed E-state index contributed by atoms with van der Waals surface area (Å²) >= 11 is 12.6. The summed E-state index contributed by atoms with van der Waals surface area (Å²) in [6, 6.07) is 21.0. The molecule has 0 atom stereocenters. The number of carbonyl (C=O) groups is 1. The Bertz CT molecular complexity index is 1860. The lowest BCUT2D eigenvalue weighted by atomic mass is 9.96. The number of nitrogens with zero attached hydrogens (tertiary/aromatic N) is 4. The molecule has 4 aromatic rings. The number of likely N-dealkylation sites (tertiary alicyclic amines) is 1. The highest BCUT2D eigenvalue weighted by molar-refractivity contribution is 6.31. The molecule has 50 heavy (non-hydrogen) atoms. The van der Waals surface area contributed by atoms with E-state index in [-0.39, 0.29) is 12.8 Å². The molecular formula is C38H39Cl2F3N6O. The van der Waals surface area contributed by atoms with Crippen LogP contribution in [0.15, 0.2) is 66.7 Å². The summed E-state index contributed by atoms with van der Waals surface area (Å²) in [4.78, 5) is 15.8. The monoisotopic (exact) mass is 722 g/mol. The third kappa shape index (κ3) is 9.01. The van der Waals surface area contributed by atoms with Crippen molar-refractivity contribution in [3.63, 3.8) is 0 Å². The van der Waals surface area contributed by atoms with Crippen molar-refractivity contribution in [1.29, 1.82) is 0 Å². The summed E-state index contributed by atoms with van der Waals surface area (Å²) < 4.78 is 41.3. The van der Waals surface area contributed by atoms with E-state index in [4.69, 9.17) is 34.0 Å². The fourth-order valence-corrected chi connectivity index (χ4v) is 6.88. The summed E-state index contributed by atoms with van der Waals surface area (Å²) in [5.41, 5.74) is 13.0. The van der Waals surface area contributed by atoms with Gasteiger partial charge in [-0.1, -0.05) is 65.4 Å². The highest BCUT2D eigenvalue weighted by Crippen LogP contribution is 2.35. The Kier molecular flexibility index (Phi) is 11.4. The molecule has 1 aromatic heterocycles. The summed E-state index contributed by atoms with van der Waals surface area (Å²) in [5.74, 6) is 5.24. The molecule has 3 aromatic carbocycles. The van der Waals surface area contributed by atoms with Gasteiger partial charge in [-0.15, -0.1) is 0 Å². The van der Waals surface area contributed by atoms with E-state index < -0.39 is 18.1 Å². The maximum Gasteiger partial charge on any atom is 0.391 e. The number of carbonyl (C=O) groups excluding carboxylic acids is 1. The van der Waals surface area contributed by atoms with Gasteiger partial charge in [0.25, 0.3) is 0 Å². The number of halogens is 5. The average Bonchev–Trinajstić information content (AvgIpc) is 3.47. The number of primary amides is 1. The SMILES string of the molecule is NC(=O)N1CCc2c(c(-c3ccc(Cl)c(C#Cc4ccc(CNCc5ccc(Cl)cc5)cc4)c3)nn2CCCN2CCC(C(F)(F)F)CC2)C1. The molecule has 0 saturated carbocycles. The van der Waals surface area contributed by atoms with E-state index in [0.29, 0.717) is 56.3 Å². The quantitative estimate of drug-likeness (QED) is 0.174. The maximum absolute atomic E-state index is 13.1. The lowest BCUT2D eigenvalue weighted by Gasteiger charge is -2.32. The van der Waals surface area contributed by atoms with Crippen molar-refractivity contribution in [2.24, 2.45) is 11.7 Å². The minimum absolute atomic E-state index is 0.143. The molecule has 0 aliphatic carbocycles. The van der Waals surface area contributed by atoms with E-state index in [1.54, 1.807) is 11.0 Å². The van der Waals surface area contributed by atoms with Gasteiger partial charge in [0.2, 0.25) is 0 Å². The zero-order chi connectivity index (χ0) is 35.3. The number of hydrogen-bond acceptors (Lipinski definition) is 4. The molecule has 2 amide bonds. The first-order valence-electron chi connectivity index (χ1n) is 16.8. The molecule has 2 aliphatic heterocycles. The first-order valence-corrected chi connectivity index (χ1v) is 17.6. The summed E-state index contributed by atoms with van der Waals surface area (Å²) in [7, 11) is 0. The number of aromatic nitrogens is 2. The van der Waals surface area contributed by atoms with Gasteiger partial charge >= 0.3 is 12.2 Å². The second-order valence-electron chi connectivity index (χ2n) is 12.9. The Labute approximate surface area is 300 Å². The van der Waals surface area contributed by atoms with Gasteiger partial charge < -0.3 is 20.9 Å². The normalized spacial score (nSPS) is 15.4. The molecule has 3 N–H and O–H groups in total. The van der Waals surface area contributed by atoms with Crippen LogP contribution < -0.4 is 11.1 Å². The zero-order valence-electron chi connectivity index (χ0n) is 27.6. The van der Waals surface area contributed by atoms with Crippen LogP contribution in [0.25, 0.3) is 11.3 Å². The molecule has 262 valence electrons. The first-order chi connectivity index (χ1) is 24.0. The van der Waals surface area contributed by atoms with E-state index >= 15 is 0 Å². The third-order valence-electron chi connectivity index (χ3n) is 9.45. The van der Waals surface area contributed by atoms with Crippen LogP contribution in [0.1, 0.15) is 52.8 Å². The number of benzene rings is 3. The smallest absolute Gasteiger partial charge is 0.351 e. The summed E-state index contributed by atoms with van der Waals surface area (Å²) in [5, 5.41) is 9.68. The molecule has 0 radical (unpaired) electrons. The molecule has 3 heterocycles. The first kappa shape index (κ1) is 35.8. The zero-order valence-corrected chi connectivity index (χ0v) is 29.1. The van der Waals surface area contributed by atoms with Gasteiger partial charge in [-0.3, -0.25) is 4.68 Å². The molecule has 6 rings (SSSR count). The van der Waals surface area contributed by atoms with E-state index in [2.05, 4.69) is 22.1 Å². The number of amides is 2. The standard InChI is InChI=1S/C38H39Cl2F3N6O/c39-32-11-7-28(8-12-32)24-45-23-27-4-2-26(3-5-27)6-9-29-22-30(10-13-34(29)40)36-33-25-48(37(44)50)21-16-35(33)49(46-36)18-1-17-47-19-14-31(15-20-47)38(41,42)43/h2-5,7-8,10-13,22,31,45H,1,14-21,23-25H2,(H2,44,50). The molecular weight excluding hydrogens is 684 g/mol. The predicted octanol–water partition coefficient (Wildman–Crippen LogP) is 7.65. The fraction of sp³-hybridized carbons (Fsp3) is 0.368. The van der Waals surface area contributed by atoms with Crippen LogP contribution in [0, 0.1) is 17.8 Å². The van der Waals surface area contributed by atoms with Crippen LogP contribution in [0.4, 0.5) is 18.0 Å². The summed E-state index contributed by atoms with van der Waals surface area (Å²) in [6.07, 6.45) is -2.48. The van der Waals surface area contributed by atoms with Crippen LogP contribution >= 0.6 is 23.2 Å². The molecule has 0 spiro atoms. The highest BCUT2D eigenvalue weighted by Gasteiger charge is 2.41. The number of nitrogens with one attached hydrogen (secondary N) is 1. The molecule has 1 fully saturated rings. The van der Waals surface area contributed by atoms with E-state index in [1.807, 2.05) is 65.3 Å². The van der Waals surface area contributed by atoms with Crippen molar-refractivity contribution >= 4 is 29.2 Å². The lowest BCUT2D eigenvalue weighted by molar-refractivity contribution is -0.185. The number of urea groups is 1. The molecule has 1 saturated heterocycles. The van der Waals surface area contributed by atoms with Gasteiger partial charge in [0.1, 0.15) is 0 Å².